The van der Waals surface area contributed by atoms with Gasteiger partial charge in [-0.05, 0) is 224 Å². The average Bonchev–Trinajstić information content (AvgIpc) is 0.768. The van der Waals surface area contributed by atoms with E-state index in [1.165, 1.54) is 0 Å². The normalized spacial score (nSPS) is 15.8. The number of fused-ring (bicyclic) bond motifs is 3. The summed E-state index contributed by atoms with van der Waals surface area (Å²) in [6, 6.07) is 33.3. The fourth-order valence-electron chi connectivity index (χ4n) is 11.6. The summed E-state index contributed by atoms with van der Waals surface area (Å²) in [5.41, 5.74) is 2.53. The molecule has 2 aliphatic rings. The number of carbonyl (C=O) groups is 7. The van der Waals surface area contributed by atoms with Crippen molar-refractivity contribution in [1.29, 1.82) is 0 Å². The van der Waals surface area contributed by atoms with Gasteiger partial charge in [-0.2, -0.15) is 0 Å². The standard InChI is InChI=1S/C78H91NO18/c1-4-71(80)90-48-16-10-7-13-45-87-61-31-19-55(20-32-61)43-51-93-75(83)57-23-27-59(28-24-57)77(85)96-65-39-41-67-68-42-40-66(54-70(68)79-74(69(67)53-65)95-64-37-35-63(36-38-64)89-47-15-9-12-18-50-92-73(82)6-3)97-78(86)60-29-25-58(26-30-60)76(84)94-52-44-56-21-33-62(34-22-56)88-46-14-8-11-17-49-91-72(81)5-2/h4-6,19-22,31-42,53-54,57-60H,1-3,7-18,23-30,43-52H2. The molecule has 19 heteroatoms. The average molecular weight is 1330 g/mol. The van der Waals surface area contributed by atoms with Gasteiger partial charge in [0.05, 0.1) is 82.0 Å². The van der Waals surface area contributed by atoms with Crippen LogP contribution < -0.4 is 28.4 Å². The zero-order valence-corrected chi connectivity index (χ0v) is 55.6. The predicted molar refractivity (Wildman–Crippen MR) is 365 cm³/mol. The SMILES string of the molecule is C=CC(=O)OCCCCCCOc1ccc(CCOC(=O)C2CCC(C(=O)Oc3ccc4c(c3)nc(Oc3ccc(OCCCCCCOC(=O)C=C)cc3)c3cc(OC(=O)C5CCC(C(=O)OCCc6ccc(OCCCCCCOC(=O)C=C)cc6)CC5)ccc34)CC2)cc1. The van der Waals surface area contributed by atoms with Crippen molar-refractivity contribution in [3.8, 4) is 40.4 Å². The molecule has 97 heavy (non-hydrogen) atoms. The summed E-state index contributed by atoms with van der Waals surface area (Å²) in [5.74, 6) is -0.529. The fraction of sp³-hybridized carbons (Fsp3) is 0.436. The first kappa shape index (κ1) is 73.3. The summed E-state index contributed by atoms with van der Waals surface area (Å²) in [6.07, 6.45) is 19.0. The lowest BCUT2D eigenvalue weighted by molar-refractivity contribution is -0.152. The number of hydrogen-bond acceptors (Lipinski definition) is 19. The van der Waals surface area contributed by atoms with E-state index >= 15 is 0 Å². The largest absolute Gasteiger partial charge is 0.494 e. The van der Waals surface area contributed by atoms with Gasteiger partial charge < -0.3 is 52.1 Å². The van der Waals surface area contributed by atoms with E-state index in [1.54, 1.807) is 36.4 Å². The van der Waals surface area contributed by atoms with Crippen LogP contribution in [0.15, 0.2) is 147 Å². The molecule has 0 atom stereocenters. The van der Waals surface area contributed by atoms with Gasteiger partial charge in [-0.25, -0.2) is 19.4 Å². The molecular formula is C78H91NO18. The van der Waals surface area contributed by atoms with E-state index in [4.69, 9.17) is 57.1 Å². The van der Waals surface area contributed by atoms with Gasteiger partial charge in [0, 0.05) is 47.9 Å². The molecule has 1 heterocycles. The zero-order valence-electron chi connectivity index (χ0n) is 55.6. The quantitative estimate of drug-likeness (QED) is 0.00866. The highest BCUT2D eigenvalue weighted by molar-refractivity contribution is 6.09. The molecule has 0 amide bonds. The first-order valence-electron chi connectivity index (χ1n) is 34.2. The Morgan fingerprint density at radius 1 is 0.340 bits per heavy atom. The fourth-order valence-corrected chi connectivity index (χ4v) is 11.6. The highest BCUT2D eigenvalue weighted by Crippen LogP contribution is 2.39. The van der Waals surface area contributed by atoms with Crippen LogP contribution in [-0.2, 0) is 70.1 Å². The van der Waals surface area contributed by atoms with E-state index in [0.717, 1.165) is 129 Å². The van der Waals surface area contributed by atoms with Crippen LogP contribution in [0.2, 0.25) is 0 Å². The van der Waals surface area contributed by atoms with Crippen LogP contribution in [0.1, 0.15) is 140 Å². The van der Waals surface area contributed by atoms with E-state index in [1.807, 2.05) is 72.8 Å². The van der Waals surface area contributed by atoms with Crippen molar-refractivity contribution in [1.82, 2.24) is 4.98 Å². The Morgan fingerprint density at radius 3 is 1.06 bits per heavy atom. The molecule has 0 spiro atoms. The summed E-state index contributed by atoms with van der Waals surface area (Å²) in [6.45, 7) is 13.5. The van der Waals surface area contributed by atoms with E-state index in [0.29, 0.717) is 138 Å². The van der Waals surface area contributed by atoms with Gasteiger partial charge in [0.2, 0.25) is 5.88 Å². The van der Waals surface area contributed by atoms with Gasteiger partial charge in [-0.1, -0.05) is 44.0 Å². The molecule has 0 aliphatic heterocycles. The van der Waals surface area contributed by atoms with Crippen LogP contribution >= 0.6 is 0 Å². The minimum atomic E-state index is -0.425. The second-order valence-corrected chi connectivity index (χ2v) is 24.3. The Hall–Kier alpha value is -9.52. The molecule has 0 unspecified atom stereocenters. The maximum Gasteiger partial charge on any atom is 0.330 e. The minimum Gasteiger partial charge on any atom is -0.494 e. The number of hydrogen-bond donors (Lipinski definition) is 0. The van der Waals surface area contributed by atoms with Gasteiger partial charge >= 0.3 is 41.8 Å². The lowest BCUT2D eigenvalue weighted by Gasteiger charge is -2.26. The third kappa shape index (κ3) is 24.9. The molecule has 19 nitrogen and oxygen atoms in total. The Bertz CT molecular complexity index is 3550. The Kier molecular flexibility index (Phi) is 30.3. The number of nitrogens with zero attached hydrogens (tertiary/aromatic N) is 1. The van der Waals surface area contributed by atoms with Gasteiger partial charge in [0.1, 0.15) is 34.5 Å². The van der Waals surface area contributed by atoms with Crippen LogP contribution in [0, 0.1) is 23.7 Å². The van der Waals surface area contributed by atoms with Gasteiger partial charge in [0.25, 0.3) is 0 Å². The maximum absolute atomic E-state index is 13.8. The number of aromatic nitrogens is 1. The van der Waals surface area contributed by atoms with Crippen LogP contribution in [0.25, 0.3) is 21.7 Å². The number of unbranched alkanes of at least 4 members (excludes halogenated alkanes) is 9. The first-order chi connectivity index (χ1) is 47.3. The molecule has 0 bridgehead atoms. The Labute approximate surface area is 568 Å². The van der Waals surface area contributed by atoms with Gasteiger partial charge in [-0.15, -0.1) is 0 Å². The van der Waals surface area contributed by atoms with Crippen LogP contribution in [-0.4, -0.2) is 99.6 Å². The molecule has 1 aromatic heterocycles. The van der Waals surface area contributed by atoms with Crippen LogP contribution in [0.4, 0.5) is 0 Å². The number of ether oxygens (including phenoxy) is 11. The molecule has 8 rings (SSSR count). The molecule has 2 saturated carbocycles. The monoisotopic (exact) mass is 1330 g/mol. The molecule has 6 aromatic rings. The van der Waals surface area contributed by atoms with Crippen molar-refractivity contribution in [2.24, 2.45) is 23.7 Å². The van der Waals surface area contributed by atoms with Crippen molar-refractivity contribution >= 4 is 63.5 Å². The second kappa shape index (κ2) is 40.1. The molecule has 0 N–H and O–H groups in total. The Balaban J connectivity index is 0.808. The van der Waals surface area contributed by atoms with Crippen molar-refractivity contribution in [3.63, 3.8) is 0 Å². The number of benzene rings is 5. The Morgan fingerprint density at radius 2 is 0.670 bits per heavy atom. The molecular weight excluding hydrogens is 1240 g/mol. The minimum absolute atomic E-state index is 0.221. The summed E-state index contributed by atoms with van der Waals surface area (Å²) in [4.78, 5) is 92.5. The smallest absolute Gasteiger partial charge is 0.330 e. The van der Waals surface area contributed by atoms with Crippen LogP contribution in [0.3, 0.4) is 0 Å². The number of carbonyl (C=O) groups excluding carboxylic acids is 7. The third-order valence-corrected chi connectivity index (χ3v) is 17.2. The van der Waals surface area contributed by atoms with E-state index < -0.39 is 41.7 Å². The van der Waals surface area contributed by atoms with E-state index in [-0.39, 0.29) is 42.9 Å². The van der Waals surface area contributed by atoms with Crippen molar-refractivity contribution in [3.05, 3.63) is 158 Å². The molecule has 0 radical (unpaired) electrons. The van der Waals surface area contributed by atoms with Crippen molar-refractivity contribution in [2.75, 3.05) is 52.9 Å². The number of pyridine rings is 1. The number of esters is 7. The third-order valence-electron chi connectivity index (χ3n) is 17.2. The summed E-state index contributed by atoms with van der Waals surface area (Å²) >= 11 is 0. The lowest BCUT2D eigenvalue weighted by atomic mass is 9.82. The molecule has 2 aliphatic carbocycles. The van der Waals surface area contributed by atoms with Gasteiger partial charge in [-0.3, -0.25) is 19.2 Å². The maximum atomic E-state index is 13.8. The molecule has 2 fully saturated rings. The molecule has 5 aromatic carbocycles. The summed E-state index contributed by atoms with van der Waals surface area (Å²) in [5, 5.41) is 2.06. The van der Waals surface area contributed by atoms with Crippen molar-refractivity contribution < 1.29 is 85.7 Å². The summed E-state index contributed by atoms with van der Waals surface area (Å²) < 4.78 is 62.9. The van der Waals surface area contributed by atoms with Crippen molar-refractivity contribution in [2.45, 2.75) is 141 Å². The zero-order chi connectivity index (χ0) is 68.4. The number of rotatable bonds is 41. The van der Waals surface area contributed by atoms with E-state index in [9.17, 15) is 33.6 Å². The molecule has 0 saturated heterocycles. The van der Waals surface area contributed by atoms with E-state index in [2.05, 4.69) is 19.7 Å². The lowest BCUT2D eigenvalue weighted by Crippen LogP contribution is -2.29. The second-order valence-electron chi connectivity index (χ2n) is 24.3. The van der Waals surface area contributed by atoms with Gasteiger partial charge in [0.15, 0.2) is 0 Å². The topological polar surface area (TPSA) is 234 Å². The molecule has 516 valence electrons. The highest BCUT2D eigenvalue weighted by Gasteiger charge is 2.34. The highest BCUT2D eigenvalue weighted by atomic mass is 16.6. The summed E-state index contributed by atoms with van der Waals surface area (Å²) in [7, 11) is 0. The first-order valence-corrected chi connectivity index (χ1v) is 34.2. The van der Waals surface area contributed by atoms with Crippen LogP contribution in [0.5, 0.6) is 40.4 Å². The predicted octanol–water partition coefficient (Wildman–Crippen LogP) is 15.2.